The quantitative estimate of drug-likeness (QED) is 0.324. The topological polar surface area (TPSA) is 0 Å². The first-order valence-electron chi connectivity index (χ1n) is 5.12. The average Bonchev–Trinajstić information content (AvgIpc) is 2.10. The molecular formula is C11H21Br. The summed E-state index contributed by atoms with van der Waals surface area (Å²) >= 11 is 3.44. The fraction of sp³-hybridized carbons (Fsp3) is 0.818. The van der Waals surface area contributed by atoms with E-state index in [9.17, 15) is 0 Å². The maximum atomic E-state index is 3.44. The molecule has 72 valence electrons. The van der Waals surface area contributed by atoms with E-state index < -0.39 is 0 Å². The van der Waals surface area contributed by atoms with Crippen molar-refractivity contribution in [2.45, 2.75) is 51.9 Å². The molecule has 0 aliphatic rings. The van der Waals surface area contributed by atoms with E-state index >= 15 is 0 Å². The molecule has 0 nitrogen and oxygen atoms in total. The molecule has 1 heteroatoms. The summed E-state index contributed by atoms with van der Waals surface area (Å²) in [5, 5.41) is 1.17. The van der Waals surface area contributed by atoms with Crippen molar-refractivity contribution in [3.8, 4) is 0 Å². The van der Waals surface area contributed by atoms with E-state index in [4.69, 9.17) is 0 Å². The predicted octanol–water partition coefficient (Wildman–Crippen LogP) is 4.69. The molecule has 0 N–H and O–H groups in total. The molecule has 0 spiro atoms. The summed E-state index contributed by atoms with van der Waals surface area (Å²) in [5.74, 6) is 0. The van der Waals surface area contributed by atoms with Gasteiger partial charge in [-0.1, -0.05) is 54.3 Å². The zero-order valence-corrected chi connectivity index (χ0v) is 9.78. The second-order valence-electron chi connectivity index (χ2n) is 3.15. The molecule has 0 aromatic rings. The van der Waals surface area contributed by atoms with Crippen LogP contribution in [0.3, 0.4) is 0 Å². The Balaban J connectivity index is 2.90. The lowest BCUT2D eigenvalue weighted by Gasteiger charge is -1.95. The van der Waals surface area contributed by atoms with Crippen molar-refractivity contribution in [1.29, 1.82) is 0 Å². The van der Waals surface area contributed by atoms with Crippen molar-refractivity contribution in [3.63, 3.8) is 0 Å². The van der Waals surface area contributed by atoms with Gasteiger partial charge in [0, 0.05) is 5.33 Å². The van der Waals surface area contributed by atoms with Gasteiger partial charge in [-0.2, -0.15) is 0 Å². The molecule has 0 aliphatic carbocycles. The van der Waals surface area contributed by atoms with Gasteiger partial charge in [-0.3, -0.25) is 0 Å². The van der Waals surface area contributed by atoms with Gasteiger partial charge in [0.1, 0.15) is 0 Å². The van der Waals surface area contributed by atoms with Crippen LogP contribution in [0.15, 0.2) is 12.2 Å². The van der Waals surface area contributed by atoms with Gasteiger partial charge in [0.2, 0.25) is 0 Å². The average molecular weight is 233 g/mol. The van der Waals surface area contributed by atoms with Crippen LogP contribution in [0.5, 0.6) is 0 Å². The molecule has 0 saturated heterocycles. The SMILES string of the molecule is CCC/C=C\CCCCCCBr. The Kier molecular flexibility index (Phi) is 11.4. The lowest BCUT2D eigenvalue weighted by atomic mass is 10.1. The number of rotatable bonds is 8. The summed E-state index contributed by atoms with van der Waals surface area (Å²) in [6, 6.07) is 0. The molecule has 0 unspecified atom stereocenters. The first kappa shape index (κ1) is 12.2. The monoisotopic (exact) mass is 232 g/mol. The highest BCUT2D eigenvalue weighted by Crippen LogP contribution is 2.05. The van der Waals surface area contributed by atoms with Gasteiger partial charge in [0.25, 0.3) is 0 Å². The van der Waals surface area contributed by atoms with Crippen molar-refractivity contribution in [1.82, 2.24) is 0 Å². The third-order valence-corrected chi connectivity index (χ3v) is 2.44. The van der Waals surface area contributed by atoms with Crippen LogP contribution in [0.25, 0.3) is 0 Å². The molecule has 0 radical (unpaired) electrons. The smallest absolute Gasteiger partial charge is 0.00313 e. The number of halogens is 1. The van der Waals surface area contributed by atoms with Gasteiger partial charge in [-0.25, -0.2) is 0 Å². The molecule has 0 fully saturated rings. The Labute approximate surface area is 85.6 Å². The van der Waals surface area contributed by atoms with E-state index in [1.807, 2.05) is 0 Å². The van der Waals surface area contributed by atoms with Crippen LogP contribution >= 0.6 is 15.9 Å². The standard InChI is InChI=1S/C11H21Br/c1-2-3-4-5-6-7-8-9-10-11-12/h4-5H,2-3,6-11H2,1H3/b5-4-. The van der Waals surface area contributed by atoms with Crippen LogP contribution in [0.4, 0.5) is 0 Å². The highest BCUT2D eigenvalue weighted by atomic mass is 79.9. The van der Waals surface area contributed by atoms with E-state index in [0.29, 0.717) is 0 Å². The first-order chi connectivity index (χ1) is 5.91. The third-order valence-electron chi connectivity index (χ3n) is 1.88. The van der Waals surface area contributed by atoms with E-state index in [-0.39, 0.29) is 0 Å². The minimum Gasteiger partial charge on any atom is -0.0928 e. The molecule has 0 saturated carbocycles. The summed E-state index contributed by atoms with van der Waals surface area (Å²) in [5.41, 5.74) is 0. The van der Waals surface area contributed by atoms with Crippen molar-refractivity contribution >= 4 is 15.9 Å². The Morgan fingerprint density at radius 3 is 2.25 bits per heavy atom. The summed E-state index contributed by atoms with van der Waals surface area (Å²) in [6.07, 6.45) is 13.9. The number of hydrogen-bond acceptors (Lipinski definition) is 0. The zero-order valence-electron chi connectivity index (χ0n) is 8.19. The molecule has 12 heavy (non-hydrogen) atoms. The van der Waals surface area contributed by atoms with Gasteiger partial charge in [-0.15, -0.1) is 0 Å². The highest BCUT2D eigenvalue weighted by molar-refractivity contribution is 9.09. The molecule has 0 atom stereocenters. The van der Waals surface area contributed by atoms with E-state index in [1.54, 1.807) is 0 Å². The Morgan fingerprint density at radius 2 is 1.58 bits per heavy atom. The Bertz CT molecular complexity index is 97.2. The lowest BCUT2D eigenvalue weighted by Crippen LogP contribution is -1.77. The van der Waals surface area contributed by atoms with E-state index in [0.717, 1.165) is 0 Å². The van der Waals surface area contributed by atoms with Crippen LogP contribution in [0.1, 0.15) is 51.9 Å². The minimum atomic E-state index is 1.17. The van der Waals surface area contributed by atoms with Crippen molar-refractivity contribution < 1.29 is 0 Å². The maximum absolute atomic E-state index is 3.44. The minimum absolute atomic E-state index is 1.17. The van der Waals surface area contributed by atoms with E-state index in [2.05, 4.69) is 35.0 Å². The molecule has 0 amide bonds. The lowest BCUT2D eigenvalue weighted by molar-refractivity contribution is 0.678. The van der Waals surface area contributed by atoms with Crippen LogP contribution in [-0.4, -0.2) is 5.33 Å². The highest BCUT2D eigenvalue weighted by Gasteiger charge is 1.86. The number of hydrogen-bond donors (Lipinski definition) is 0. The third kappa shape index (κ3) is 10.2. The molecule has 0 bridgehead atoms. The molecule has 0 aromatic heterocycles. The fourth-order valence-corrected chi connectivity index (χ4v) is 1.51. The maximum Gasteiger partial charge on any atom is 0.00313 e. The summed E-state index contributed by atoms with van der Waals surface area (Å²) < 4.78 is 0. The van der Waals surface area contributed by atoms with Crippen LogP contribution < -0.4 is 0 Å². The number of allylic oxidation sites excluding steroid dienone is 2. The number of alkyl halides is 1. The largest absolute Gasteiger partial charge is 0.0928 e. The van der Waals surface area contributed by atoms with Crippen LogP contribution in [-0.2, 0) is 0 Å². The van der Waals surface area contributed by atoms with Crippen molar-refractivity contribution in [2.75, 3.05) is 5.33 Å². The summed E-state index contributed by atoms with van der Waals surface area (Å²) in [7, 11) is 0. The van der Waals surface area contributed by atoms with Crippen molar-refractivity contribution in [3.05, 3.63) is 12.2 Å². The summed E-state index contributed by atoms with van der Waals surface area (Å²) in [4.78, 5) is 0. The normalized spacial score (nSPS) is 11.2. The second-order valence-corrected chi connectivity index (χ2v) is 3.94. The molecule has 0 rings (SSSR count). The zero-order chi connectivity index (χ0) is 9.07. The van der Waals surface area contributed by atoms with Crippen LogP contribution in [0.2, 0.25) is 0 Å². The summed E-state index contributed by atoms with van der Waals surface area (Å²) in [6.45, 7) is 2.22. The molecule has 0 heterocycles. The van der Waals surface area contributed by atoms with Gasteiger partial charge in [-0.05, 0) is 25.7 Å². The fourth-order valence-electron chi connectivity index (χ4n) is 1.11. The molecular weight excluding hydrogens is 212 g/mol. The van der Waals surface area contributed by atoms with Crippen LogP contribution in [0, 0.1) is 0 Å². The second kappa shape index (κ2) is 11.2. The Morgan fingerprint density at radius 1 is 0.917 bits per heavy atom. The molecule has 0 aliphatic heterocycles. The van der Waals surface area contributed by atoms with E-state index in [1.165, 1.54) is 50.3 Å². The van der Waals surface area contributed by atoms with Gasteiger partial charge in [0.15, 0.2) is 0 Å². The predicted molar refractivity (Wildman–Crippen MR) is 60.9 cm³/mol. The first-order valence-corrected chi connectivity index (χ1v) is 6.25. The van der Waals surface area contributed by atoms with Gasteiger partial charge >= 0.3 is 0 Å². The number of unbranched alkanes of at least 4 members (excludes halogenated alkanes) is 5. The van der Waals surface area contributed by atoms with Gasteiger partial charge in [0.05, 0.1) is 0 Å². The Hall–Kier alpha value is 0.220. The van der Waals surface area contributed by atoms with Gasteiger partial charge < -0.3 is 0 Å². The van der Waals surface area contributed by atoms with Crippen molar-refractivity contribution in [2.24, 2.45) is 0 Å². The molecule has 0 aromatic carbocycles.